The Morgan fingerprint density at radius 1 is 1.13 bits per heavy atom. The van der Waals surface area contributed by atoms with Crippen LogP contribution in [-0.4, -0.2) is 24.5 Å². The van der Waals surface area contributed by atoms with Gasteiger partial charge in [0.25, 0.3) is 0 Å². The van der Waals surface area contributed by atoms with Crippen molar-refractivity contribution in [3.05, 3.63) is 0 Å². The van der Waals surface area contributed by atoms with Crippen LogP contribution in [0.2, 0.25) is 0 Å². The van der Waals surface area contributed by atoms with Crippen LogP contribution in [0.15, 0.2) is 0 Å². The first-order chi connectivity index (χ1) is 5.85. The molecule has 0 radical (unpaired) electrons. The third-order valence-corrected chi connectivity index (χ3v) is 1.70. The van der Waals surface area contributed by atoms with E-state index in [0.29, 0.717) is 12.7 Å². The molecule has 0 bridgehead atoms. The van der Waals surface area contributed by atoms with E-state index in [4.69, 9.17) is 15.2 Å². The monoisotopic (exact) mass is 221 g/mol. The number of hydrogen-bond donors (Lipinski definition) is 1. The lowest BCUT2D eigenvalue weighted by molar-refractivity contribution is -0.100. The molecule has 2 unspecified atom stereocenters. The Morgan fingerprint density at radius 2 is 1.60 bits per heavy atom. The molecular formula is C12H31NO2. The van der Waals surface area contributed by atoms with Crippen molar-refractivity contribution in [3.8, 4) is 0 Å². The highest BCUT2D eigenvalue weighted by atomic mass is 16.6. The van der Waals surface area contributed by atoms with E-state index in [1.807, 2.05) is 20.8 Å². The maximum atomic E-state index is 5.70. The molecule has 3 heteroatoms. The number of hydrogen-bond acceptors (Lipinski definition) is 3. The quantitative estimate of drug-likeness (QED) is 0.701. The summed E-state index contributed by atoms with van der Waals surface area (Å²) in [6, 6.07) is 0. The molecule has 0 aliphatic heterocycles. The van der Waals surface area contributed by atoms with Crippen LogP contribution in [-0.2, 0) is 9.47 Å². The largest absolute Gasteiger partial charge is 0.376 e. The molecule has 0 aromatic rings. The fourth-order valence-electron chi connectivity index (χ4n) is 0.970. The van der Waals surface area contributed by atoms with Crippen LogP contribution in [0.1, 0.15) is 55.9 Å². The molecule has 0 fully saturated rings. The van der Waals surface area contributed by atoms with Gasteiger partial charge in [-0.3, -0.25) is 0 Å². The van der Waals surface area contributed by atoms with Crippen molar-refractivity contribution < 1.29 is 9.47 Å². The molecule has 0 aliphatic rings. The van der Waals surface area contributed by atoms with E-state index in [2.05, 4.69) is 13.8 Å². The lowest BCUT2D eigenvalue weighted by Gasteiger charge is -2.25. The van der Waals surface area contributed by atoms with Gasteiger partial charge in [0, 0.05) is 0 Å². The Morgan fingerprint density at radius 3 is 1.93 bits per heavy atom. The van der Waals surface area contributed by atoms with E-state index >= 15 is 0 Å². The molecule has 0 heterocycles. The summed E-state index contributed by atoms with van der Waals surface area (Å²) < 4.78 is 11.0. The van der Waals surface area contributed by atoms with Crippen LogP contribution in [0, 0.1) is 0 Å². The molecule has 0 aromatic carbocycles. The highest BCUT2D eigenvalue weighted by Crippen LogP contribution is 2.06. The van der Waals surface area contributed by atoms with Gasteiger partial charge in [0.2, 0.25) is 0 Å². The molecule has 0 amide bonds. The molecule has 3 nitrogen and oxygen atoms in total. The Kier molecular flexibility index (Phi) is 12.4. The van der Waals surface area contributed by atoms with Crippen molar-refractivity contribution in [3.63, 3.8) is 0 Å². The van der Waals surface area contributed by atoms with E-state index in [0.717, 1.165) is 6.42 Å². The third kappa shape index (κ3) is 13.9. The molecule has 96 valence electrons. The summed E-state index contributed by atoms with van der Waals surface area (Å²) in [5.74, 6) is 0. The van der Waals surface area contributed by atoms with Crippen molar-refractivity contribution in [2.45, 2.75) is 73.8 Å². The third-order valence-electron chi connectivity index (χ3n) is 1.70. The van der Waals surface area contributed by atoms with Gasteiger partial charge in [-0.2, -0.15) is 0 Å². The van der Waals surface area contributed by atoms with Gasteiger partial charge in [-0.05, 0) is 34.1 Å². The summed E-state index contributed by atoms with van der Waals surface area (Å²) in [5, 5.41) is 0. The smallest absolute Gasteiger partial charge is 0.111 e. The SMILES string of the molecule is C.C.CCC(C)OCC(C)OC(C)(C)N. The van der Waals surface area contributed by atoms with Gasteiger partial charge >= 0.3 is 0 Å². The summed E-state index contributed by atoms with van der Waals surface area (Å²) in [7, 11) is 0. The second-order valence-corrected chi connectivity index (χ2v) is 4.08. The second-order valence-electron chi connectivity index (χ2n) is 4.08. The Balaban J connectivity index is -0.000000720. The van der Waals surface area contributed by atoms with Gasteiger partial charge in [-0.25, -0.2) is 0 Å². The van der Waals surface area contributed by atoms with Crippen LogP contribution >= 0.6 is 0 Å². The second kappa shape index (κ2) is 9.13. The highest BCUT2D eigenvalue weighted by Gasteiger charge is 2.15. The fourth-order valence-corrected chi connectivity index (χ4v) is 0.970. The van der Waals surface area contributed by atoms with E-state index < -0.39 is 5.72 Å². The summed E-state index contributed by atoms with van der Waals surface area (Å²) in [6.45, 7) is 10.4. The van der Waals surface area contributed by atoms with E-state index in [9.17, 15) is 0 Å². The summed E-state index contributed by atoms with van der Waals surface area (Å²) in [6.07, 6.45) is 1.37. The van der Waals surface area contributed by atoms with Gasteiger partial charge in [0.1, 0.15) is 5.72 Å². The molecule has 0 spiro atoms. The van der Waals surface area contributed by atoms with Crippen molar-refractivity contribution >= 4 is 0 Å². The molecule has 2 atom stereocenters. The maximum Gasteiger partial charge on any atom is 0.111 e. The van der Waals surface area contributed by atoms with E-state index in [1.165, 1.54) is 0 Å². The van der Waals surface area contributed by atoms with Gasteiger partial charge in [0.05, 0.1) is 18.8 Å². The number of ether oxygens (including phenoxy) is 2. The molecule has 2 N–H and O–H groups in total. The topological polar surface area (TPSA) is 44.5 Å². The minimum absolute atomic E-state index is 0. The lowest BCUT2D eigenvalue weighted by atomic mass is 10.3. The molecule has 0 saturated heterocycles. The first-order valence-corrected chi connectivity index (χ1v) is 4.93. The van der Waals surface area contributed by atoms with E-state index in [1.54, 1.807) is 0 Å². The van der Waals surface area contributed by atoms with Gasteiger partial charge < -0.3 is 15.2 Å². The zero-order chi connectivity index (χ0) is 10.5. The Bertz CT molecular complexity index is 132. The maximum absolute atomic E-state index is 5.70. The standard InChI is InChI=1S/C10H23NO2.2CH4/c1-6-8(2)12-7-9(3)13-10(4,5)11;;/h8-9H,6-7,11H2,1-5H3;2*1H4. The zero-order valence-electron chi connectivity index (χ0n) is 9.46. The van der Waals surface area contributed by atoms with Crippen LogP contribution in [0.5, 0.6) is 0 Å². The average molecular weight is 221 g/mol. The van der Waals surface area contributed by atoms with Crippen LogP contribution in [0.25, 0.3) is 0 Å². The Labute approximate surface area is 96.3 Å². The van der Waals surface area contributed by atoms with Crippen LogP contribution in [0.3, 0.4) is 0 Å². The molecule has 15 heavy (non-hydrogen) atoms. The average Bonchev–Trinajstić information content (AvgIpc) is 1.97. The van der Waals surface area contributed by atoms with Gasteiger partial charge in [0.15, 0.2) is 0 Å². The molecule has 0 rings (SSSR count). The normalized spacial score (nSPS) is 14.8. The summed E-state index contributed by atoms with van der Waals surface area (Å²) >= 11 is 0. The molecule has 0 aliphatic carbocycles. The van der Waals surface area contributed by atoms with Crippen molar-refractivity contribution in [2.75, 3.05) is 6.61 Å². The van der Waals surface area contributed by atoms with Crippen LogP contribution < -0.4 is 5.73 Å². The van der Waals surface area contributed by atoms with Crippen molar-refractivity contribution in [1.29, 1.82) is 0 Å². The van der Waals surface area contributed by atoms with E-state index in [-0.39, 0.29) is 21.0 Å². The fraction of sp³-hybridized carbons (Fsp3) is 1.00. The zero-order valence-corrected chi connectivity index (χ0v) is 9.46. The van der Waals surface area contributed by atoms with Gasteiger partial charge in [-0.1, -0.05) is 21.8 Å². The molecule has 0 saturated carbocycles. The molecule has 0 aromatic heterocycles. The summed E-state index contributed by atoms with van der Waals surface area (Å²) in [5.41, 5.74) is 5.13. The van der Waals surface area contributed by atoms with Gasteiger partial charge in [-0.15, -0.1) is 0 Å². The van der Waals surface area contributed by atoms with Crippen molar-refractivity contribution in [1.82, 2.24) is 0 Å². The predicted octanol–water partition coefficient (Wildman–Crippen LogP) is 3.17. The van der Waals surface area contributed by atoms with Crippen LogP contribution in [0.4, 0.5) is 0 Å². The summed E-state index contributed by atoms with van der Waals surface area (Å²) in [4.78, 5) is 0. The predicted molar refractivity (Wildman–Crippen MR) is 68.0 cm³/mol. The van der Waals surface area contributed by atoms with Crippen molar-refractivity contribution in [2.24, 2.45) is 5.73 Å². The number of rotatable bonds is 6. The molecular weight excluding hydrogens is 190 g/mol. The first kappa shape index (κ1) is 20.3. The highest BCUT2D eigenvalue weighted by molar-refractivity contribution is 4.61. The Hall–Kier alpha value is -0.120. The number of nitrogens with two attached hydrogens (primary N) is 1. The lowest BCUT2D eigenvalue weighted by Crippen LogP contribution is -2.40. The minimum atomic E-state index is -0.571. The minimum Gasteiger partial charge on any atom is -0.376 e. The first-order valence-electron chi connectivity index (χ1n) is 4.93.